The molecule has 0 radical (unpaired) electrons. The highest BCUT2D eigenvalue weighted by molar-refractivity contribution is 5.79. The SMILES string of the molecule is CC(O)c1nc2cc(N)ccc2n1CC1(CO)CCCC1. The Labute approximate surface area is 124 Å². The molecule has 5 nitrogen and oxygen atoms in total. The number of nitrogens with zero attached hydrogens (tertiary/aromatic N) is 2. The number of hydrogen-bond acceptors (Lipinski definition) is 4. The lowest BCUT2D eigenvalue weighted by molar-refractivity contribution is 0.106. The summed E-state index contributed by atoms with van der Waals surface area (Å²) in [6.45, 7) is 2.60. The fourth-order valence-corrected chi connectivity index (χ4v) is 3.48. The van der Waals surface area contributed by atoms with Gasteiger partial charge in [0, 0.05) is 17.6 Å². The monoisotopic (exact) mass is 289 g/mol. The smallest absolute Gasteiger partial charge is 0.138 e. The summed E-state index contributed by atoms with van der Waals surface area (Å²) < 4.78 is 2.06. The molecule has 1 fully saturated rings. The van der Waals surface area contributed by atoms with Crippen LogP contribution in [0.25, 0.3) is 11.0 Å². The molecule has 2 aromatic rings. The third-order valence-electron chi connectivity index (χ3n) is 4.67. The highest BCUT2D eigenvalue weighted by Crippen LogP contribution is 2.40. The number of aliphatic hydroxyl groups is 2. The van der Waals surface area contributed by atoms with E-state index in [1.807, 2.05) is 18.2 Å². The molecule has 1 heterocycles. The van der Waals surface area contributed by atoms with Crippen LogP contribution in [0.3, 0.4) is 0 Å². The van der Waals surface area contributed by atoms with Gasteiger partial charge in [0.05, 0.1) is 17.6 Å². The summed E-state index contributed by atoms with van der Waals surface area (Å²) in [5.74, 6) is 0.648. The maximum absolute atomic E-state index is 10.0. The number of imidazole rings is 1. The summed E-state index contributed by atoms with van der Waals surface area (Å²) in [4.78, 5) is 4.53. The van der Waals surface area contributed by atoms with Gasteiger partial charge in [-0.2, -0.15) is 0 Å². The minimum absolute atomic E-state index is 0.0847. The lowest BCUT2D eigenvalue weighted by Gasteiger charge is -2.28. The van der Waals surface area contributed by atoms with Crippen molar-refractivity contribution in [2.75, 3.05) is 12.3 Å². The molecule has 1 unspecified atom stereocenters. The Hall–Kier alpha value is -1.59. The predicted molar refractivity (Wildman–Crippen MR) is 82.8 cm³/mol. The molecule has 114 valence electrons. The number of aliphatic hydroxyl groups excluding tert-OH is 2. The van der Waals surface area contributed by atoms with Crippen LogP contribution in [0.4, 0.5) is 5.69 Å². The Morgan fingerprint density at radius 2 is 2.10 bits per heavy atom. The number of hydrogen-bond donors (Lipinski definition) is 3. The maximum Gasteiger partial charge on any atom is 0.138 e. The van der Waals surface area contributed by atoms with Crippen LogP contribution in [0, 0.1) is 5.41 Å². The third-order valence-corrected chi connectivity index (χ3v) is 4.67. The van der Waals surface area contributed by atoms with Gasteiger partial charge in [0.25, 0.3) is 0 Å². The van der Waals surface area contributed by atoms with E-state index in [0.717, 1.165) is 36.7 Å². The van der Waals surface area contributed by atoms with E-state index in [1.54, 1.807) is 6.92 Å². The molecule has 1 atom stereocenters. The summed E-state index contributed by atoms with van der Waals surface area (Å²) in [5.41, 5.74) is 8.18. The second-order valence-corrected chi connectivity index (χ2v) is 6.35. The molecule has 1 aromatic carbocycles. The second kappa shape index (κ2) is 5.31. The van der Waals surface area contributed by atoms with Gasteiger partial charge in [0.1, 0.15) is 11.9 Å². The lowest BCUT2D eigenvalue weighted by Crippen LogP contribution is -2.28. The quantitative estimate of drug-likeness (QED) is 0.754. The standard InChI is InChI=1S/C16H23N3O2/c1-11(21)15-18-13-8-12(17)4-5-14(13)19(15)9-16(10-20)6-2-3-7-16/h4-5,8,11,20-21H,2-3,6-7,9-10,17H2,1H3. The first-order chi connectivity index (χ1) is 10.0. The van der Waals surface area contributed by atoms with Crippen molar-refractivity contribution in [3.05, 3.63) is 24.0 Å². The fourth-order valence-electron chi connectivity index (χ4n) is 3.48. The van der Waals surface area contributed by atoms with Crippen LogP contribution in [0.2, 0.25) is 0 Å². The molecule has 0 bridgehead atoms. The number of nitrogens with two attached hydrogens (primary N) is 1. The van der Waals surface area contributed by atoms with Crippen LogP contribution in [-0.4, -0.2) is 26.4 Å². The van der Waals surface area contributed by atoms with Gasteiger partial charge in [-0.05, 0) is 38.0 Å². The Kier molecular flexibility index (Phi) is 3.63. The predicted octanol–water partition coefficient (Wildman–Crippen LogP) is 2.22. The van der Waals surface area contributed by atoms with Gasteiger partial charge < -0.3 is 20.5 Å². The van der Waals surface area contributed by atoms with E-state index in [1.165, 1.54) is 0 Å². The molecule has 1 aliphatic carbocycles. The number of aromatic nitrogens is 2. The first kappa shape index (κ1) is 14.4. The molecule has 0 aliphatic heterocycles. The van der Waals surface area contributed by atoms with Crippen molar-refractivity contribution in [1.82, 2.24) is 9.55 Å². The number of anilines is 1. The molecule has 3 rings (SSSR count). The van der Waals surface area contributed by atoms with Crippen molar-refractivity contribution in [1.29, 1.82) is 0 Å². The van der Waals surface area contributed by atoms with E-state index >= 15 is 0 Å². The van der Waals surface area contributed by atoms with E-state index in [-0.39, 0.29) is 12.0 Å². The van der Waals surface area contributed by atoms with E-state index in [9.17, 15) is 10.2 Å². The molecule has 21 heavy (non-hydrogen) atoms. The van der Waals surface area contributed by atoms with Crippen molar-refractivity contribution in [3.63, 3.8) is 0 Å². The fraction of sp³-hybridized carbons (Fsp3) is 0.562. The average Bonchev–Trinajstić information content (AvgIpc) is 3.05. The van der Waals surface area contributed by atoms with Gasteiger partial charge in [0.2, 0.25) is 0 Å². The minimum Gasteiger partial charge on any atom is -0.399 e. The van der Waals surface area contributed by atoms with Gasteiger partial charge in [0.15, 0.2) is 0 Å². The Balaban J connectivity index is 2.09. The van der Waals surface area contributed by atoms with Gasteiger partial charge in [-0.3, -0.25) is 0 Å². The highest BCUT2D eigenvalue weighted by atomic mass is 16.3. The first-order valence-corrected chi connectivity index (χ1v) is 7.59. The summed E-state index contributed by atoms with van der Waals surface area (Å²) in [7, 11) is 0. The first-order valence-electron chi connectivity index (χ1n) is 7.59. The molecular weight excluding hydrogens is 266 g/mol. The van der Waals surface area contributed by atoms with E-state index in [2.05, 4.69) is 9.55 Å². The Morgan fingerprint density at radius 3 is 2.71 bits per heavy atom. The molecule has 5 heteroatoms. The van der Waals surface area contributed by atoms with Crippen LogP contribution in [0.15, 0.2) is 18.2 Å². The van der Waals surface area contributed by atoms with Crippen LogP contribution >= 0.6 is 0 Å². The zero-order chi connectivity index (χ0) is 15.0. The van der Waals surface area contributed by atoms with Gasteiger partial charge in [-0.15, -0.1) is 0 Å². The van der Waals surface area contributed by atoms with Crippen LogP contribution in [0.1, 0.15) is 44.5 Å². The topological polar surface area (TPSA) is 84.3 Å². The number of benzene rings is 1. The van der Waals surface area contributed by atoms with Crippen molar-refractivity contribution in [3.8, 4) is 0 Å². The van der Waals surface area contributed by atoms with Gasteiger partial charge in [-0.25, -0.2) is 4.98 Å². The third kappa shape index (κ3) is 2.51. The average molecular weight is 289 g/mol. The normalized spacial score (nSPS) is 19.2. The van der Waals surface area contributed by atoms with Crippen LogP contribution < -0.4 is 5.73 Å². The van der Waals surface area contributed by atoms with E-state index in [4.69, 9.17) is 5.73 Å². The lowest BCUT2D eigenvalue weighted by atomic mass is 9.87. The highest BCUT2D eigenvalue weighted by Gasteiger charge is 2.35. The zero-order valence-corrected chi connectivity index (χ0v) is 12.4. The van der Waals surface area contributed by atoms with E-state index in [0.29, 0.717) is 18.1 Å². The number of rotatable bonds is 4. The van der Waals surface area contributed by atoms with Gasteiger partial charge in [-0.1, -0.05) is 12.8 Å². The number of nitrogen functional groups attached to an aromatic ring is 1. The molecule has 1 aliphatic rings. The Bertz CT molecular complexity index is 642. The minimum atomic E-state index is -0.643. The molecule has 0 amide bonds. The van der Waals surface area contributed by atoms with Crippen molar-refractivity contribution >= 4 is 16.7 Å². The molecule has 1 aromatic heterocycles. The van der Waals surface area contributed by atoms with E-state index < -0.39 is 6.10 Å². The largest absolute Gasteiger partial charge is 0.399 e. The van der Waals surface area contributed by atoms with Gasteiger partial charge >= 0.3 is 0 Å². The summed E-state index contributed by atoms with van der Waals surface area (Å²) in [6, 6.07) is 5.63. The van der Waals surface area contributed by atoms with Crippen LogP contribution in [-0.2, 0) is 6.54 Å². The second-order valence-electron chi connectivity index (χ2n) is 6.35. The molecule has 4 N–H and O–H groups in total. The number of fused-ring (bicyclic) bond motifs is 1. The van der Waals surface area contributed by atoms with Crippen molar-refractivity contribution in [2.24, 2.45) is 5.41 Å². The summed E-state index contributed by atoms with van der Waals surface area (Å²) in [5, 5.41) is 19.9. The molecule has 0 spiro atoms. The van der Waals surface area contributed by atoms with Crippen molar-refractivity contribution < 1.29 is 10.2 Å². The van der Waals surface area contributed by atoms with Crippen molar-refractivity contribution in [2.45, 2.75) is 45.3 Å². The molecule has 0 saturated heterocycles. The zero-order valence-electron chi connectivity index (χ0n) is 12.4. The Morgan fingerprint density at radius 1 is 1.38 bits per heavy atom. The molecule has 1 saturated carbocycles. The summed E-state index contributed by atoms with van der Waals surface area (Å²) in [6.07, 6.45) is 3.72. The van der Waals surface area contributed by atoms with Crippen LogP contribution in [0.5, 0.6) is 0 Å². The summed E-state index contributed by atoms with van der Waals surface area (Å²) >= 11 is 0. The molecular formula is C16H23N3O2. The maximum atomic E-state index is 10.0.